The molecule has 7 nitrogen and oxygen atoms in total. The Kier molecular flexibility index (Phi) is 3.60. The van der Waals surface area contributed by atoms with Crippen LogP contribution in [0.2, 0.25) is 0 Å². The molecule has 126 valence electrons. The van der Waals surface area contributed by atoms with Crippen LogP contribution in [0.4, 0.5) is 5.69 Å². The first kappa shape index (κ1) is 15.3. The minimum Gasteiger partial charge on any atom is -0.326 e. The van der Waals surface area contributed by atoms with Crippen LogP contribution in [-0.4, -0.2) is 40.7 Å². The fraction of sp³-hybridized carbons (Fsp3) is 0.529. The fourth-order valence-corrected chi connectivity index (χ4v) is 4.44. The van der Waals surface area contributed by atoms with Crippen molar-refractivity contribution in [3.8, 4) is 0 Å². The lowest BCUT2D eigenvalue weighted by atomic mass is 9.78. The summed E-state index contributed by atoms with van der Waals surface area (Å²) in [6.07, 6.45) is 2.63. The quantitative estimate of drug-likeness (QED) is 0.661. The van der Waals surface area contributed by atoms with Crippen LogP contribution in [0.25, 0.3) is 0 Å². The maximum Gasteiger partial charge on any atom is 0.269 e. The number of non-ortho nitro benzene ring substituents is 1. The summed E-state index contributed by atoms with van der Waals surface area (Å²) in [6, 6.07) is 6.61. The van der Waals surface area contributed by atoms with Gasteiger partial charge in [0.1, 0.15) is 11.8 Å². The van der Waals surface area contributed by atoms with E-state index in [2.05, 4.69) is 0 Å². The number of hydrogen-bond acceptors (Lipinski definition) is 4. The monoisotopic (exact) mass is 329 g/mol. The molecule has 5 rings (SSSR count). The Morgan fingerprint density at radius 1 is 1.42 bits per heavy atom. The minimum atomic E-state index is -0.383. The van der Waals surface area contributed by atoms with Crippen LogP contribution in [0.15, 0.2) is 29.4 Å². The van der Waals surface area contributed by atoms with Gasteiger partial charge in [-0.1, -0.05) is 19.1 Å². The first-order valence-corrected chi connectivity index (χ1v) is 8.59. The van der Waals surface area contributed by atoms with Crippen LogP contribution in [-0.2, 0) is 4.79 Å². The van der Waals surface area contributed by atoms with E-state index in [9.17, 15) is 14.9 Å². The molecular formula is C17H21N4O3+. The highest BCUT2D eigenvalue weighted by molar-refractivity contribution is 5.96. The highest BCUT2D eigenvalue weighted by Crippen LogP contribution is 2.37. The number of fused-ring (bicyclic) bond motifs is 2. The SMILES string of the molecule is CCC(=O)N1N=C2C3CC[NH+](CC3)[C@H]2[C@@H]1c1cccc([N+](=O)[O-])c1. The molecule has 2 bridgehead atoms. The molecule has 0 aromatic heterocycles. The standard InChI is InChI=1S/C17H20N4O3/c1-2-14(22)20-16(12-4-3-5-13(10-12)21(23)24)17-15(18-20)11-6-8-19(17)9-7-11/h3-5,10-11,16-17H,2,6-9H2,1H3/p+1/t16-,17+/m0/s1. The molecular weight excluding hydrogens is 308 g/mol. The number of carbonyl (C=O) groups excluding carboxylic acids is 1. The number of nitrogens with zero attached hydrogens (tertiary/aromatic N) is 3. The molecule has 4 aliphatic heterocycles. The number of rotatable bonds is 3. The van der Waals surface area contributed by atoms with E-state index < -0.39 is 0 Å². The van der Waals surface area contributed by atoms with Gasteiger partial charge in [-0.15, -0.1) is 0 Å². The van der Waals surface area contributed by atoms with Gasteiger partial charge < -0.3 is 4.90 Å². The highest BCUT2D eigenvalue weighted by Gasteiger charge is 2.54. The smallest absolute Gasteiger partial charge is 0.269 e. The van der Waals surface area contributed by atoms with Crippen LogP contribution in [0.1, 0.15) is 37.8 Å². The van der Waals surface area contributed by atoms with Gasteiger partial charge in [-0.2, -0.15) is 5.10 Å². The third kappa shape index (κ3) is 2.23. The van der Waals surface area contributed by atoms with Gasteiger partial charge in [0.15, 0.2) is 6.04 Å². The van der Waals surface area contributed by atoms with Gasteiger partial charge in [0.05, 0.1) is 18.0 Å². The van der Waals surface area contributed by atoms with Crippen molar-refractivity contribution in [3.63, 3.8) is 0 Å². The Bertz CT molecular complexity index is 724. The number of benzene rings is 1. The Labute approximate surface area is 140 Å². The normalized spacial score (nSPS) is 30.9. The largest absolute Gasteiger partial charge is 0.326 e. The van der Waals surface area contributed by atoms with Crippen molar-refractivity contribution >= 4 is 17.3 Å². The summed E-state index contributed by atoms with van der Waals surface area (Å²) in [6.45, 7) is 4.01. The average Bonchev–Trinajstić information content (AvgIpc) is 3.04. The number of amides is 1. The summed E-state index contributed by atoms with van der Waals surface area (Å²) in [7, 11) is 0. The predicted octanol–water partition coefficient (Wildman–Crippen LogP) is 0.921. The van der Waals surface area contributed by atoms with E-state index in [1.807, 2.05) is 13.0 Å². The van der Waals surface area contributed by atoms with Crippen molar-refractivity contribution < 1.29 is 14.6 Å². The summed E-state index contributed by atoms with van der Waals surface area (Å²) in [5.41, 5.74) is 2.01. The predicted molar refractivity (Wildman–Crippen MR) is 87.6 cm³/mol. The first-order chi connectivity index (χ1) is 11.6. The molecule has 1 amide bonds. The van der Waals surface area contributed by atoms with Gasteiger partial charge >= 0.3 is 0 Å². The molecule has 0 aliphatic carbocycles. The average molecular weight is 329 g/mol. The maximum absolute atomic E-state index is 12.5. The number of nitro benzene ring substituents is 1. The lowest BCUT2D eigenvalue weighted by molar-refractivity contribution is -0.927. The van der Waals surface area contributed by atoms with E-state index in [1.165, 1.54) is 11.0 Å². The molecule has 2 atom stereocenters. The molecule has 1 N–H and O–H groups in total. The van der Waals surface area contributed by atoms with Crippen molar-refractivity contribution in [2.75, 3.05) is 13.1 Å². The van der Waals surface area contributed by atoms with Gasteiger partial charge in [0.2, 0.25) is 5.91 Å². The molecule has 7 heteroatoms. The van der Waals surface area contributed by atoms with E-state index in [0.717, 1.165) is 37.2 Å². The zero-order valence-corrected chi connectivity index (χ0v) is 13.6. The number of hydrazone groups is 1. The number of carbonyl (C=O) groups is 1. The van der Waals surface area contributed by atoms with Crippen LogP contribution in [0, 0.1) is 16.0 Å². The molecule has 0 saturated carbocycles. The second kappa shape index (κ2) is 5.66. The summed E-state index contributed by atoms with van der Waals surface area (Å²) in [4.78, 5) is 24.7. The van der Waals surface area contributed by atoms with Gasteiger partial charge in [0, 0.05) is 37.3 Å². The molecule has 1 aromatic carbocycles. The number of hydrogen-bond donors (Lipinski definition) is 1. The van der Waals surface area contributed by atoms with Gasteiger partial charge in [-0.3, -0.25) is 14.9 Å². The van der Waals surface area contributed by atoms with Gasteiger partial charge in [-0.05, 0) is 5.56 Å². The zero-order valence-electron chi connectivity index (χ0n) is 13.6. The van der Waals surface area contributed by atoms with E-state index in [1.54, 1.807) is 17.1 Å². The second-order valence-electron chi connectivity index (χ2n) is 6.82. The van der Waals surface area contributed by atoms with E-state index in [-0.39, 0.29) is 28.6 Å². The van der Waals surface area contributed by atoms with Crippen LogP contribution in [0.5, 0.6) is 0 Å². The van der Waals surface area contributed by atoms with E-state index >= 15 is 0 Å². The number of nitro groups is 1. The number of quaternary nitrogens is 1. The molecule has 24 heavy (non-hydrogen) atoms. The Balaban J connectivity index is 1.78. The summed E-state index contributed by atoms with van der Waals surface area (Å²) >= 11 is 0. The van der Waals surface area contributed by atoms with Crippen molar-refractivity contribution in [1.29, 1.82) is 0 Å². The summed E-state index contributed by atoms with van der Waals surface area (Å²) < 4.78 is 0. The molecule has 3 fully saturated rings. The molecule has 4 heterocycles. The van der Waals surface area contributed by atoms with Crippen molar-refractivity contribution in [2.45, 2.75) is 38.3 Å². The second-order valence-corrected chi connectivity index (χ2v) is 6.82. The molecule has 0 unspecified atom stereocenters. The highest BCUT2D eigenvalue weighted by atomic mass is 16.6. The first-order valence-electron chi connectivity index (χ1n) is 8.59. The van der Waals surface area contributed by atoms with Gasteiger partial charge in [0.25, 0.3) is 5.69 Å². The van der Waals surface area contributed by atoms with Gasteiger partial charge in [-0.25, -0.2) is 5.01 Å². The van der Waals surface area contributed by atoms with Crippen molar-refractivity contribution in [1.82, 2.24) is 5.01 Å². The molecule has 1 aromatic rings. The lowest BCUT2D eigenvalue weighted by Crippen LogP contribution is -3.20. The van der Waals surface area contributed by atoms with Crippen molar-refractivity contribution in [3.05, 3.63) is 39.9 Å². The maximum atomic E-state index is 12.5. The van der Waals surface area contributed by atoms with E-state index in [4.69, 9.17) is 5.10 Å². The Morgan fingerprint density at radius 3 is 2.83 bits per heavy atom. The minimum absolute atomic E-state index is 0.0200. The van der Waals surface area contributed by atoms with Crippen molar-refractivity contribution in [2.24, 2.45) is 11.0 Å². The number of piperidine rings is 3. The summed E-state index contributed by atoms with van der Waals surface area (Å²) in [5, 5.41) is 17.4. The topological polar surface area (TPSA) is 80.2 Å². The fourth-order valence-electron chi connectivity index (χ4n) is 4.44. The van der Waals surface area contributed by atoms with Crippen LogP contribution in [0.3, 0.4) is 0 Å². The third-order valence-corrected chi connectivity index (χ3v) is 5.59. The summed E-state index contributed by atoms with van der Waals surface area (Å²) in [5.74, 6) is 0.441. The molecule has 4 aliphatic rings. The van der Waals surface area contributed by atoms with Crippen LogP contribution < -0.4 is 4.90 Å². The molecule has 0 radical (unpaired) electrons. The van der Waals surface area contributed by atoms with E-state index in [0.29, 0.717) is 12.3 Å². The Morgan fingerprint density at radius 2 is 2.17 bits per heavy atom. The molecule has 3 saturated heterocycles. The number of nitrogens with one attached hydrogen (secondary N) is 1. The lowest BCUT2D eigenvalue weighted by Gasteiger charge is -2.42. The zero-order chi connectivity index (χ0) is 16.8. The molecule has 0 spiro atoms. The van der Waals surface area contributed by atoms with Crippen LogP contribution >= 0.6 is 0 Å². The third-order valence-electron chi connectivity index (χ3n) is 5.59. The Hall–Kier alpha value is -2.28.